The molecule has 40 heteroatoms. The average molecular weight is 1580 g/mol. The highest BCUT2D eigenvalue weighted by Gasteiger charge is 2.46. The number of carboxylic acids is 4. The molecule has 3 aromatic rings. The van der Waals surface area contributed by atoms with Crippen LogP contribution in [0.15, 0.2) is 36.5 Å². The number of aromatic nitrogens is 6. The third-order valence-corrected chi connectivity index (χ3v) is 18.6. The summed E-state index contributed by atoms with van der Waals surface area (Å²) in [6, 6.07) is -3.22. The minimum Gasteiger partial charge on any atom is -0.481 e. The Morgan fingerprint density at radius 1 is 0.559 bits per heavy atom. The number of unbranched alkanes of at least 4 members (excludes halogenated alkanes) is 2. The molecule has 0 fully saturated rings. The van der Waals surface area contributed by atoms with Crippen molar-refractivity contribution >= 4 is 106 Å². The number of nitrogens with one attached hydrogen (secondary N) is 11. The zero-order chi connectivity index (χ0) is 82.5. The molecular weight excluding hydrogens is 1480 g/mol. The van der Waals surface area contributed by atoms with E-state index in [1.54, 1.807) is 44.2 Å². The second-order valence-electron chi connectivity index (χ2n) is 27.9. The number of carboxylic acid groups (broad SMARTS) is 4. The number of fused-ring (bicyclic) bond motifs is 1. The molecule has 1 unspecified atom stereocenters. The van der Waals surface area contributed by atoms with Gasteiger partial charge in [-0.05, 0) is 128 Å². The number of alkyl halides is 1. The van der Waals surface area contributed by atoms with Crippen molar-refractivity contribution in [1.82, 2.24) is 88.5 Å². The van der Waals surface area contributed by atoms with E-state index in [4.69, 9.17) is 10.8 Å². The first-order chi connectivity index (χ1) is 52.5. The van der Waals surface area contributed by atoms with Gasteiger partial charge in [-0.1, -0.05) is 86.6 Å². The van der Waals surface area contributed by atoms with Gasteiger partial charge in [0.15, 0.2) is 5.12 Å². The molecule has 0 saturated heterocycles. The SMILES string of the molecule is CC(=O)SCC(=O)N[C@@H](CCCCNC(=O)C1(F)CCCCCc2c1nnn2CCCC(=O)N[C@@H](CC(C)C)C(=O)N[C@@H](CCCCN)C(=O)N[C@@H](C)C(=O)N[C@@H](Cc1ccccc1)C(=O)O)C(=O)NCc1cn(CCCC(=O)N[C@@H](CCC(=O)O)C(=O)N[C@H](C(=O)N[C@@H](C)C(=O)N[C@@H](CC(=O)O)C(=O)O)C(C)C)nn1. The van der Waals surface area contributed by atoms with Gasteiger partial charge < -0.3 is 84.6 Å². The third-order valence-electron chi connectivity index (χ3n) is 17.7. The van der Waals surface area contributed by atoms with Crippen LogP contribution in [0.2, 0.25) is 0 Å². The van der Waals surface area contributed by atoms with Gasteiger partial charge in [0.1, 0.15) is 65.8 Å². The van der Waals surface area contributed by atoms with Crippen molar-refractivity contribution in [3.63, 3.8) is 0 Å². The van der Waals surface area contributed by atoms with Crippen molar-refractivity contribution in [3.8, 4) is 0 Å². The lowest BCUT2D eigenvalue weighted by Crippen LogP contribution is -2.58. The first-order valence-electron chi connectivity index (χ1n) is 37.1. The van der Waals surface area contributed by atoms with Gasteiger partial charge in [-0.3, -0.25) is 71.8 Å². The normalized spacial score (nSPS) is 15.7. The summed E-state index contributed by atoms with van der Waals surface area (Å²) in [6.07, 6.45) is 2.88. The van der Waals surface area contributed by atoms with E-state index in [2.05, 4.69) is 73.8 Å². The molecule has 0 radical (unpaired) electrons. The summed E-state index contributed by atoms with van der Waals surface area (Å²) < 4.78 is 20.2. The van der Waals surface area contributed by atoms with E-state index < -0.39 is 174 Å². The summed E-state index contributed by atoms with van der Waals surface area (Å²) in [4.78, 5) is 206. The molecule has 1 aliphatic rings. The minimum absolute atomic E-state index is 0.00693. The van der Waals surface area contributed by atoms with Crippen LogP contribution in [0.4, 0.5) is 4.39 Å². The Kier molecular flexibility index (Phi) is 39.7. The van der Waals surface area contributed by atoms with Crippen molar-refractivity contribution in [1.29, 1.82) is 0 Å². The number of carbonyl (C=O) groups is 16. The topological polar surface area (TPSA) is 574 Å². The lowest BCUT2D eigenvalue weighted by atomic mass is 9.88. The van der Waals surface area contributed by atoms with Crippen molar-refractivity contribution in [2.45, 2.75) is 257 Å². The van der Waals surface area contributed by atoms with E-state index in [1.165, 1.54) is 36.3 Å². The number of amides is 11. The zero-order valence-electron chi connectivity index (χ0n) is 63.6. The highest BCUT2D eigenvalue weighted by atomic mass is 32.2. The lowest BCUT2D eigenvalue weighted by Gasteiger charge is -2.26. The van der Waals surface area contributed by atoms with Gasteiger partial charge in [-0.25, -0.2) is 18.7 Å². The van der Waals surface area contributed by atoms with Crippen LogP contribution in [-0.2, 0) is 115 Å². The molecule has 11 amide bonds. The monoisotopic (exact) mass is 1580 g/mol. The summed E-state index contributed by atoms with van der Waals surface area (Å²) in [5.74, 6) is -15.2. The van der Waals surface area contributed by atoms with Crippen LogP contribution in [-0.4, -0.2) is 218 Å². The first-order valence-corrected chi connectivity index (χ1v) is 38.0. The van der Waals surface area contributed by atoms with Gasteiger partial charge in [0.05, 0.1) is 30.6 Å². The fraction of sp³-hybridized carbons (Fsp3) is 0.634. The molecule has 2 heterocycles. The Balaban J connectivity index is 1.31. The van der Waals surface area contributed by atoms with Crippen LogP contribution in [0.5, 0.6) is 0 Å². The van der Waals surface area contributed by atoms with Crippen molar-refractivity contribution in [2.24, 2.45) is 17.6 Å². The molecule has 1 aromatic carbocycles. The standard InChI is InChI=1S/C71H107FN18O20S/c1-40(2)34-50(66(104)81-48(22-13-16-30-73)64(102)76-42(5)61(99)82-51(68(106)107)35-45-20-10-8-11-21-45)80-55(93)26-19-33-90-53-24-12-9-15-29-71(72,60(53)86-88-90)70(110)74-31-17-14-23-47(79-56(94)39-111-44(7)91)63(101)75-37-46-38-89(87-85-46)32-18-25-54(92)78-49(27-28-57(95)96)65(103)84-59(41(3)4)67(105)77-43(6)62(100)83-52(69(108)109)36-58(97)98/h8,10-11,20-21,38,40-43,47-52,59H,9,12-19,22-37,39,73H2,1-7H3,(H,74,110)(H,75,101)(H,76,102)(H,77,105)(H,78,92)(H,79,94)(H,80,93)(H,81,104)(H,82,99)(H,83,100)(H,84,103)(H,95,96)(H,97,98)(H,106,107)(H,108,109)/t42-,43-,47-,48-,49-,50-,51-,52-,59-,71?/m0/s1. The molecule has 1 aliphatic carbocycles. The summed E-state index contributed by atoms with van der Waals surface area (Å²) in [5, 5.41) is 81.5. The van der Waals surface area contributed by atoms with Crippen LogP contribution in [0, 0.1) is 11.8 Å². The van der Waals surface area contributed by atoms with Crippen LogP contribution < -0.4 is 64.2 Å². The van der Waals surface area contributed by atoms with E-state index in [0.29, 0.717) is 56.3 Å². The number of nitrogens with zero attached hydrogens (tertiary/aromatic N) is 6. The van der Waals surface area contributed by atoms with Crippen molar-refractivity contribution in [2.75, 3.05) is 18.8 Å². The first kappa shape index (κ1) is 92.8. The quantitative estimate of drug-likeness (QED) is 0.0319. The Morgan fingerprint density at radius 3 is 1.73 bits per heavy atom. The highest BCUT2D eigenvalue weighted by molar-refractivity contribution is 8.14. The maximum absolute atomic E-state index is 17.3. The van der Waals surface area contributed by atoms with E-state index in [1.807, 2.05) is 19.2 Å². The van der Waals surface area contributed by atoms with Crippen molar-refractivity contribution < 1.29 is 102 Å². The van der Waals surface area contributed by atoms with Crippen LogP contribution in [0.25, 0.3) is 0 Å². The fourth-order valence-electron chi connectivity index (χ4n) is 11.7. The second kappa shape index (κ2) is 47.5. The second-order valence-corrected chi connectivity index (χ2v) is 29.1. The molecule has 0 spiro atoms. The maximum atomic E-state index is 17.3. The number of nitrogens with two attached hydrogens (primary N) is 1. The number of aliphatic carboxylic acids is 4. The van der Waals surface area contributed by atoms with E-state index in [0.717, 1.165) is 11.8 Å². The van der Waals surface area contributed by atoms with Crippen LogP contribution >= 0.6 is 11.8 Å². The van der Waals surface area contributed by atoms with Gasteiger partial charge in [0, 0.05) is 52.2 Å². The van der Waals surface area contributed by atoms with Gasteiger partial charge in [0.2, 0.25) is 64.7 Å². The number of aryl methyl sites for hydroxylation is 2. The molecule has 111 heavy (non-hydrogen) atoms. The number of hydrogen-bond acceptors (Lipinski definition) is 22. The van der Waals surface area contributed by atoms with Crippen molar-refractivity contribution in [3.05, 3.63) is 59.2 Å². The number of benzene rings is 1. The maximum Gasteiger partial charge on any atom is 0.326 e. The number of carbonyl (C=O) groups excluding carboxylic acids is 12. The largest absolute Gasteiger partial charge is 0.481 e. The molecule has 614 valence electrons. The van der Waals surface area contributed by atoms with Crippen LogP contribution in [0.3, 0.4) is 0 Å². The van der Waals surface area contributed by atoms with Gasteiger partial charge in [-0.15, -0.1) is 10.2 Å². The van der Waals surface area contributed by atoms with Gasteiger partial charge >= 0.3 is 23.9 Å². The minimum atomic E-state index is -2.60. The van der Waals surface area contributed by atoms with E-state index >= 15 is 4.39 Å². The summed E-state index contributed by atoms with van der Waals surface area (Å²) >= 11 is 0.727. The van der Waals surface area contributed by atoms with E-state index in [-0.39, 0.29) is 125 Å². The fourth-order valence-corrected chi connectivity index (χ4v) is 12.1. The number of rotatable bonds is 50. The third kappa shape index (κ3) is 33.3. The molecular formula is C71H107FN18O20S. The van der Waals surface area contributed by atoms with Crippen LogP contribution in [0.1, 0.15) is 187 Å². The molecule has 0 saturated carbocycles. The molecule has 38 nitrogen and oxygen atoms in total. The summed E-state index contributed by atoms with van der Waals surface area (Å²) in [5.41, 5.74) is 4.27. The number of thioether (sulfide) groups is 1. The Bertz CT molecular complexity index is 3690. The smallest absolute Gasteiger partial charge is 0.326 e. The number of hydrogen-bond donors (Lipinski definition) is 16. The Morgan fingerprint density at radius 2 is 1.13 bits per heavy atom. The Hall–Kier alpha value is -10.5. The Labute approximate surface area is 645 Å². The molecule has 0 aliphatic heterocycles. The van der Waals surface area contributed by atoms with Gasteiger partial charge in [-0.2, -0.15) is 0 Å². The molecule has 4 rings (SSSR count). The predicted molar refractivity (Wildman–Crippen MR) is 396 cm³/mol. The van der Waals surface area contributed by atoms with E-state index in [9.17, 15) is 92.0 Å². The predicted octanol–water partition coefficient (Wildman–Crippen LogP) is -0.421. The molecule has 17 N–H and O–H groups in total. The summed E-state index contributed by atoms with van der Waals surface area (Å²) in [6.45, 7) is 10.9. The molecule has 0 bridgehead atoms. The lowest BCUT2D eigenvalue weighted by molar-refractivity contribution is -0.147. The zero-order valence-corrected chi connectivity index (χ0v) is 64.4. The van der Waals surface area contributed by atoms with Gasteiger partial charge in [0.25, 0.3) is 5.91 Å². The highest BCUT2D eigenvalue weighted by Crippen LogP contribution is 2.36. The molecule has 10 atom stereocenters. The molecule has 2 aromatic heterocycles. The average Bonchev–Trinajstić information content (AvgIpc) is 1.65. The summed E-state index contributed by atoms with van der Waals surface area (Å²) in [7, 11) is 0. The number of halogens is 1.